The van der Waals surface area contributed by atoms with Crippen LogP contribution < -0.4 is 0 Å². The van der Waals surface area contributed by atoms with Gasteiger partial charge in [-0.1, -0.05) is 44.2 Å². The molecular weight excluding hydrogens is 234 g/mol. The van der Waals surface area contributed by atoms with Gasteiger partial charge in [0.1, 0.15) is 0 Å². The molecule has 1 rings (SSSR count). The van der Waals surface area contributed by atoms with E-state index in [-0.39, 0.29) is 23.9 Å². The second kappa shape index (κ2) is 6.74. The molecule has 1 aromatic carbocycles. The molecule has 0 aromatic heterocycles. The Morgan fingerprint density at radius 1 is 1.00 bits per heavy atom. The van der Waals surface area contributed by atoms with E-state index in [1.54, 1.807) is 0 Å². The SMILES string of the molecule is [2H]C(C(=O)N(C(C)C)C(C)C)(c1ccccc1)C(C)C. The van der Waals surface area contributed by atoms with Gasteiger partial charge < -0.3 is 4.90 Å². The molecule has 106 valence electrons. The normalized spacial score (nSPS) is 15.5. The topological polar surface area (TPSA) is 20.3 Å². The molecule has 0 radical (unpaired) electrons. The summed E-state index contributed by atoms with van der Waals surface area (Å²) in [6.07, 6.45) is 0. The first-order valence-corrected chi connectivity index (χ1v) is 7.11. The molecular formula is C17H27NO. The van der Waals surface area contributed by atoms with Gasteiger partial charge in [0.2, 0.25) is 5.91 Å². The van der Waals surface area contributed by atoms with Crippen LogP contribution in [0.2, 0.25) is 0 Å². The Kier molecular flexibility index (Phi) is 5.00. The largest absolute Gasteiger partial charge is 0.337 e. The fourth-order valence-electron chi connectivity index (χ4n) is 2.53. The summed E-state index contributed by atoms with van der Waals surface area (Å²) < 4.78 is 8.85. The predicted octanol–water partition coefficient (Wildman–Crippen LogP) is 4.07. The molecule has 0 N–H and O–H groups in total. The second-order valence-corrected chi connectivity index (χ2v) is 5.83. The van der Waals surface area contributed by atoms with E-state index in [1.165, 1.54) is 0 Å². The molecule has 0 spiro atoms. The molecule has 0 aliphatic rings. The molecule has 0 aliphatic carbocycles. The van der Waals surface area contributed by atoms with Crippen molar-refractivity contribution in [1.29, 1.82) is 0 Å². The van der Waals surface area contributed by atoms with E-state index < -0.39 is 5.89 Å². The minimum atomic E-state index is -1.23. The van der Waals surface area contributed by atoms with Gasteiger partial charge >= 0.3 is 0 Å². The lowest BCUT2D eigenvalue weighted by Gasteiger charge is -2.35. The second-order valence-electron chi connectivity index (χ2n) is 5.83. The Morgan fingerprint density at radius 2 is 1.47 bits per heavy atom. The average molecular weight is 262 g/mol. The summed E-state index contributed by atoms with van der Waals surface area (Å²) in [7, 11) is 0. The summed E-state index contributed by atoms with van der Waals surface area (Å²) in [4.78, 5) is 14.8. The minimum absolute atomic E-state index is 0.0857. The summed E-state index contributed by atoms with van der Waals surface area (Å²) >= 11 is 0. The van der Waals surface area contributed by atoms with Crippen LogP contribution in [0.3, 0.4) is 0 Å². The molecule has 0 heterocycles. The van der Waals surface area contributed by atoms with E-state index in [1.807, 2.05) is 76.8 Å². The van der Waals surface area contributed by atoms with Crippen molar-refractivity contribution in [3.63, 3.8) is 0 Å². The van der Waals surface area contributed by atoms with Gasteiger partial charge in [0.05, 0.1) is 5.89 Å². The summed E-state index contributed by atoms with van der Waals surface area (Å²) in [6, 6.07) is 9.64. The predicted molar refractivity (Wildman–Crippen MR) is 81.1 cm³/mol. The monoisotopic (exact) mass is 262 g/mol. The number of amides is 1. The zero-order valence-electron chi connectivity index (χ0n) is 14.0. The zero-order valence-corrected chi connectivity index (χ0v) is 13.0. The van der Waals surface area contributed by atoms with Crippen LogP contribution in [0.25, 0.3) is 0 Å². The molecule has 0 saturated heterocycles. The van der Waals surface area contributed by atoms with Crippen LogP contribution in [0.1, 0.15) is 54.4 Å². The fourth-order valence-corrected chi connectivity index (χ4v) is 2.53. The van der Waals surface area contributed by atoms with Gasteiger partial charge in [-0.3, -0.25) is 4.79 Å². The lowest BCUT2D eigenvalue weighted by Crippen LogP contribution is -2.45. The molecule has 0 saturated carbocycles. The van der Waals surface area contributed by atoms with Crippen molar-refractivity contribution in [2.75, 3.05) is 0 Å². The van der Waals surface area contributed by atoms with Crippen molar-refractivity contribution >= 4 is 5.91 Å². The first-order chi connectivity index (χ1) is 9.22. The standard InChI is InChI=1S/C17H27NO/c1-12(2)16(15-10-8-7-9-11-15)17(19)18(13(3)4)14(5)6/h7-14,16H,1-6H3/i16D. The zero-order chi connectivity index (χ0) is 15.5. The highest BCUT2D eigenvalue weighted by atomic mass is 16.2. The third-order valence-electron chi connectivity index (χ3n) is 3.24. The van der Waals surface area contributed by atoms with Gasteiger partial charge in [0.25, 0.3) is 0 Å². The molecule has 2 nitrogen and oxygen atoms in total. The van der Waals surface area contributed by atoms with Crippen LogP contribution in [0.5, 0.6) is 0 Å². The van der Waals surface area contributed by atoms with E-state index in [0.717, 1.165) is 5.56 Å². The quantitative estimate of drug-likeness (QED) is 0.783. The highest BCUT2D eigenvalue weighted by Gasteiger charge is 2.31. The van der Waals surface area contributed by atoms with E-state index in [9.17, 15) is 4.79 Å². The lowest BCUT2D eigenvalue weighted by atomic mass is 9.86. The van der Waals surface area contributed by atoms with Crippen LogP contribution in [-0.2, 0) is 4.79 Å². The molecule has 1 unspecified atom stereocenters. The van der Waals surface area contributed by atoms with Gasteiger partial charge in [-0.25, -0.2) is 0 Å². The number of benzene rings is 1. The molecule has 0 aliphatic heterocycles. The maximum atomic E-state index is 13.0. The van der Waals surface area contributed by atoms with Crippen LogP contribution in [0, 0.1) is 5.92 Å². The van der Waals surface area contributed by atoms with Gasteiger partial charge in [-0.15, -0.1) is 0 Å². The number of hydrogen-bond donors (Lipinski definition) is 0. The van der Waals surface area contributed by atoms with Crippen LogP contribution in [0.4, 0.5) is 0 Å². The van der Waals surface area contributed by atoms with E-state index in [0.29, 0.717) is 0 Å². The van der Waals surface area contributed by atoms with Gasteiger partial charge in [0.15, 0.2) is 0 Å². The Morgan fingerprint density at radius 3 is 1.84 bits per heavy atom. The number of carbonyl (C=O) groups excluding carboxylic acids is 1. The Hall–Kier alpha value is -1.31. The summed E-state index contributed by atoms with van der Waals surface area (Å²) in [6.45, 7) is 11.9. The summed E-state index contributed by atoms with van der Waals surface area (Å²) in [5.74, 6) is -1.42. The molecule has 1 atom stereocenters. The Labute approximate surface area is 119 Å². The maximum absolute atomic E-state index is 13.0. The molecule has 19 heavy (non-hydrogen) atoms. The van der Waals surface area contributed by atoms with Crippen molar-refractivity contribution < 1.29 is 6.17 Å². The molecule has 0 fully saturated rings. The fraction of sp³-hybridized carbons (Fsp3) is 0.588. The van der Waals surface area contributed by atoms with E-state index >= 15 is 0 Å². The first-order valence-electron chi connectivity index (χ1n) is 7.61. The highest BCUT2D eigenvalue weighted by molar-refractivity contribution is 5.84. The van der Waals surface area contributed by atoms with E-state index in [2.05, 4.69) is 0 Å². The maximum Gasteiger partial charge on any atom is 0.230 e. The van der Waals surface area contributed by atoms with Crippen LogP contribution >= 0.6 is 0 Å². The molecule has 1 aromatic rings. The lowest BCUT2D eigenvalue weighted by molar-refractivity contribution is -0.137. The Balaban J connectivity index is 3.30. The van der Waals surface area contributed by atoms with Crippen LogP contribution in [0.15, 0.2) is 30.3 Å². The van der Waals surface area contributed by atoms with Crippen molar-refractivity contribution in [3.8, 4) is 0 Å². The van der Waals surface area contributed by atoms with Crippen molar-refractivity contribution in [2.45, 2.75) is 59.5 Å². The number of hydrogen-bond acceptors (Lipinski definition) is 1. The van der Waals surface area contributed by atoms with Crippen molar-refractivity contribution in [1.82, 2.24) is 4.90 Å². The van der Waals surface area contributed by atoms with Gasteiger partial charge in [-0.2, -0.15) is 0 Å². The highest BCUT2D eigenvalue weighted by Crippen LogP contribution is 2.28. The minimum Gasteiger partial charge on any atom is -0.337 e. The molecule has 0 bridgehead atoms. The Bertz CT molecular complexity index is 434. The average Bonchev–Trinajstić information content (AvgIpc) is 2.37. The number of rotatable bonds is 5. The number of carbonyl (C=O) groups is 1. The smallest absolute Gasteiger partial charge is 0.230 e. The summed E-state index contributed by atoms with van der Waals surface area (Å²) in [5.41, 5.74) is 0.770. The molecule has 2 heteroatoms. The molecule has 1 amide bonds. The van der Waals surface area contributed by atoms with Gasteiger partial charge in [0, 0.05) is 13.5 Å². The number of nitrogens with zero attached hydrogens (tertiary/aromatic N) is 1. The third kappa shape index (κ3) is 3.82. The third-order valence-corrected chi connectivity index (χ3v) is 3.24. The van der Waals surface area contributed by atoms with Crippen LogP contribution in [-0.4, -0.2) is 22.9 Å². The first kappa shape index (κ1) is 14.1. The van der Waals surface area contributed by atoms with E-state index in [4.69, 9.17) is 1.37 Å². The summed E-state index contributed by atoms with van der Waals surface area (Å²) in [5, 5.41) is 0. The van der Waals surface area contributed by atoms with Gasteiger partial charge in [-0.05, 0) is 39.2 Å². The van der Waals surface area contributed by atoms with Crippen molar-refractivity contribution in [3.05, 3.63) is 35.9 Å². The van der Waals surface area contributed by atoms with Crippen molar-refractivity contribution in [2.24, 2.45) is 5.92 Å².